The molecular weight excluding hydrogens is 360 g/mol. The number of nitrogens with one attached hydrogen (secondary N) is 1. The van der Waals surface area contributed by atoms with Crippen LogP contribution < -0.4 is 30.0 Å². The third-order valence-corrected chi connectivity index (χ3v) is 4.23. The third-order valence-electron chi connectivity index (χ3n) is 4.23. The zero-order chi connectivity index (χ0) is 20.5. The number of hydrogen-bond acceptors (Lipinski definition) is 6. The highest BCUT2D eigenvalue weighted by Crippen LogP contribution is 2.38. The second-order valence-electron chi connectivity index (χ2n) is 6.05. The van der Waals surface area contributed by atoms with Crippen LogP contribution in [0.15, 0.2) is 30.3 Å². The SMILES string of the molecule is CCOc1ccc(CCc2cc(OC)c(OC)c(OC)c2)cc1NC(=O)CN. The Hall–Kier alpha value is -2.93. The summed E-state index contributed by atoms with van der Waals surface area (Å²) < 4.78 is 21.8. The summed E-state index contributed by atoms with van der Waals surface area (Å²) >= 11 is 0. The third kappa shape index (κ3) is 5.29. The minimum Gasteiger partial charge on any atom is -0.493 e. The van der Waals surface area contributed by atoms with Crippen molar-refractivity contribution in [2.24, 2.45) is 5.73 Å². The van der Waals surface area contributed by atoms with Crippen LogP contribution in [0.3, 0.4) is 0 Å². The first-order valence-electron chi connectivity index (χ1n) is 9.10. The topological polar surface area (TPSA) is 92.0 Å². The fraction of sp³-hybridized carbons (Fsp3) is 0.381. The van der Waals surface area contributed by atoms with Crippen LogP contribution in [0, 0.1) is 0 Å². The molecule has 28 heavy (non-hydrogen) atoms. The maximum Gasteiger partial charge on any atom is 0.238 e. The average Bonchev–Trinajstić information content (AvgIpc) is 2.72. The number of amides is 1. The van der Waals surface area contributed by atoms with Gasteiger partial charge in [-0.05, 0) is 55.2 Å². The number of rotatable bonds is 10. The summed E-state index contributed by atoms with van der Waals surface area (Å²) in [6.45, 7) is 2.32. The molecule has 0 saturated heterocycles. The molecule has 0 aromatic heterocycles. The highest BCUT2D eigenvalue weighted by molar-refractivity contribution is 5.93. The molecule has 1 amide bonds. The summed E-state index contributed by atoms with van der Waals surface area (Å²) in [7, 11) is 4.77. The number of carbonyl (C=O) groups is 1. The molecule has 0 spiro atoms. The van der Waals surface area contributed by atoms with Crippen molar-refractivity contribution in [3.8, 4) is 23.0 Å². The number of hydrogen-bond donors (Lipinski definition) is 2. The van der Waals surface area contributed by atoms with Crippen molar-refractivity contribution in [1.29, 1.82) is 0 Å². The van der Waals surface area contributed by atoms with Crippen molar-refractivity contribution in [2.45, 2.75) is 19.8 Å². The van der Waals surface area contributed by atoms with Crippen LogP contribution in [-0.2, 0) is 17.6 Å². The lowest BCUT2D eigenvalue weighted by atomic mass is 10.0. The largest absolute Gasteiger partial charge is 0.493 e. The van der Waals surface area contributed by atoms with E-state index >= 15 is 0 Å². The van der Waals surface area contributed by atoms with E-state index in [0.717, 1.165) is 24.0 Å². The van der Waals surface area contributed by atoms with E-state index in [1.807, 2.05) is 37.3 Å². The number of carbonyl (C=O) groups excluding carboxylic acids is 1. The minimum atomic E-state index is -0.261. The molecule has 0 aliphatic rings. The van der Waals surface area contributed by atoms with E-state index < -0.39 is 0 Å². The highest BCUT2D eigenvalue weighted by Gasteiger charge is 2.14. The van der Waals surface area contributed by atoms with Crippen molar-refractivity contribution in [2.75, 3.05) is 39.8 Å². The van der Waals surface area contributed by atoms with Gasteiger partial charge in [-0.2, -0.15) is 0 Å². The quantitative estimate of drug-likeness (QED) is 0.650. The molecule has 0 unspecified atom stereocenters. The Balaban J connectivity index is 2.22. The van der Waals surface area contributed by atoms with Gasteiger partial charge in [0.25, 0.3) is 0 Å². The van der Waals surface area contributed by atoms with E-state index in [1.165, 1.54) is 0 Å². The van der Waals surface area contributed by atoms with Gasteiger partial charge >= 0.3 is 0 Å². The molecule has 2 aromatic carbocycles. The Morgan fingerprint density at radius 3 is 2.11 bits per heavy atom. The molecule has 0 bridgehead atoms. The Morgan fingerprint density at radius 1 is 0.929 bits per heavy atom. The average molecular weight is 388 g/mol. The standard InChI is InChI=1S/C21H28N2O5/c1-5-28-17-9-8-14(10-16(17)23-20(24)13-22)6-7-15-11-18(25-2)21(27-4)19(12-15)26-3/h8-12H,5-7,13,22H2,1-4H3,(H,23,24). The molecule has 0 aliphatic heterocycles. The van der Waals surface area contributed by atoms with Crippen LogP contribution in [0.2, 0.25) is 0 Å². The zero-order valence-electron chi connectivity index (χ0n) is 16.8. The molecular formula is C21H28N2O5. The summed E-state index contributed by atoms with van der Waals surface area (Å²) in [5.74, 6) is 2.18. The normalized spacial score (nSPS) is 10.3. The van der Waals surface area contributed by atoms with E-state index in [4.69, 9.17) is 24.7 Å². The molecule has 0 saturated carbocycles. The van der Waals surface area contributed by atoms with Gasteiger partial charge in [-0.3, -0.25) is 4.79 Å². The van der Waals surface area contributed by atoms with Gasteiger partial charge in [0.2, 0.25) is 11.7 Å². The molecule has 0 aliphatic carbocycles. The predicted octanol–water partition coefficient (Wildman–Crippen LogP) is 2.79. The van der Waals surface area contributed by atoms with Crippen LogP contribution in [0.1, 0.15) is 18.1 Å². The lowest BCUT2D eigenvalue weighted by Gasteiger charge is -2.15. The Labute approximate surface area is 165 Å². The summed E-state index contributed by atoms with van der Waals surface area (Å²) in [6, 6.07) is 9.64. The molecule has 0 atom stereocenters. The monoisotopic (exact) mass is 388 g/mol. The molecule has 3 N–H and O–H groups in total. The van der Waals surface area contributed by atoms with Gasteiger partial charge in [0.15, 0.2) is 11.5 Å². The van der Waals surface area contributed by atoms with Gasteiger partial charge in [-0.15, -0.1) is 0 Å². The number of aryl methyl sites for hydroxylation is 2. The van der Waals surface area contributed by atoms with E-state index in [1.54, 1.807) is 21.3 Å². The van der Waals surface area contributed by atoms with Gasteiger partial charge in [0, 0.05) is 0 Å². The van der Waals surface area contributed by atoms with Crippen LogP contribution in [0.5, 0.6) is 23.0 Å². The fourth-order valence-electron chi connectivity index (χ4n) is 2.88. The van der Waals surface area contributed by atoms with Crippen molar-refractivity contribution in [3.63, 3.8) is 0 Å². The Morgan fingerprint density at radius 2 is 1.57 bits per heavy atom. The molecule has 7 heteroatoms. The number of nitrogens with two attached hydrogens (primary N) is 1. The minimum absolute atomic E-state index is 0.0821. The molecule has 0 fully saturated rings. The van der Waals surface area contributed by atoms with Gasteiger partial charge < -0.3 is 30.0 Å². The Bertz CT molecular complexity index is 782. The number of ether oxygens (including phenoxy) is 4. The van der Waals surface area contributed by atoms with Crippen molar-refractivity contribution in [1.82, 2.24) is 0 Å². The zero-order valence-corrected chi connectivity index (χ0v) is 16.8. The first kappa shape index (κ1) is 21.4. The van der Waals surface area contributed by atoms with Crippen molar-refractivity contribution < 1.29 is 23.7 Å². The maximum atomic E-state index is 11.7. The van der Waals surface area contributed by atoms with E-state index in [0.29, 0.717) is 35.3 Å². The second-order valence-corrected chi connectivity index (χ2v) is 6.05. The Kier molecular flexibility index (Phi) is 7.95. The first-order valence-corrected chi connectivity index (χ1v) is 9.10. The molecule has 0 radical (unpaired) electrons. The summed E-state index contributed by atoms with van der Waals surface area (Å²) in [5, 5.41) is 2.79. The summed E-state index contributed by atoms with van der Waals surface area (Å²) in [6.07, 6.45) is 1.52. The lowest BCUT2D eigenvalue weighted by Crippen LogP contribution is -2.22. The molecule has 7 nitrogen and oxygen atoms in total. The summed E-state index contributed by atoms with van der Waals surface area (Å²) in [5.41, 5.74) is 8.14. The number of benzene rings is 2. The lowest BCUT2D eigenvalue weighted by molar-refractivity contribution is -0.114. The van der Waals surface area contributed by atoms with Crippen LogP contribution in [0.25, 0.3) is 0 Å². The van der Waals surface area contributed by atoms with Crippen LogP contribution in [0.4, 0.5) is 5.69 Å². The van der Waals surface area contributed by atoms with Gasteiger partial charge in [0.1, 0.15) is 5.75 Å². The summed E-state index contributed by atoms with van der Waals surface area (Å²) in [4.78, 5) is 11.7. The smallest absolute Gasteiger partial charge is 0.238 e. The molecule has 152 valence electrons. The molecule has 2 aromatic rings. The van der Waals surface area contributed by atoms with Gasteiger partial charge in [-0.25, -0.2) is 0 Å². The number of methoxy groups -OCH3 is 3. The number of anilines is 1. The fourth-order valence-corrected chi connectivity index (χ4v) is 2.88. The van der Waals surface area contributed by atoms with E-state index in [2.05, 4.69) is 5.32 Å². The van der Waals surface area contributed by atoms with Gasteiger partial charge in [0.05, 0.1) is 40.2 Å². The first-order chi connectivity index (χ1) is 13.6. The van der Waals surface area contributed by atoms with Crippen LogP contribution in [-0.4, -0.2) is 40.4 Å². The highest BCUT2D eigenvalue weighted by atomic mass is 16.5. The van der Waals surface area contributed by atoms with E-state index in [9.17, 15) is 4.79 Å². The van der Waals surface area contributed by atoms with Crippen molar-refractivity contribution >= 4 is 11.6 Å². The molecule has 2 rings (SSSR count). The van der Waals surface area contributed by atoms with E-state index in [-0.39, 0.29) is 12.5 Å². The van der Waals surface area contributed by atoms with Crippen molar-refractivity contribution in [3.05, 3.63) is 41.5 Å². The second kappa shape index (κ2) is 10.4. The maximum absolute atomic E-state index is 11.7. The predicted molar refractivity (Wildman–Crippen MR) is 109 cm³/mol. The van der Waals surface area contributed by atoms with Gasteiger partial charge in [-0.1, -0.05) is 6.07 Å². The molecule has 0 heterocycles. The van der Waals surface area contributed by atoms with Crippen LogP contribution >= 0.6 is 0 Å².